The molecule has 1 fully saturated rings. The molecule has 0 spiro atoms. The van der Waals surface area contributed by atoms with Gasteiger partial charge in [0, 0.05) is 43.0 Å². The van der Waals surface area contributed by atoms with Crippen molar-refractivity contribution in [2.45, 2.75) is 19.0 Å². The number of hydrogen-bond donors (Lipinski definition) is 2. The molecule has 156 valence electrons. The second kappa shape index (κ2) is 10.0. The highest BCUT2D eigenvalue weighted by molar-refractivity contribution is 5.78. The third kappa shape index (κ3) is 5.54. The van der Waals surface area contributed by atoms with Gasteiger partial charge in [0.15, 0.2) is 11.5 Å². The molecule has 1 aliphatic rings. The zero-order valence-electron chi connectivity index (χ0n) is 17.2. The number of carbonyl (C=O) groups excluding carboxylic acids is 1. The summed E-state index contributed by atoms with van der Waals surface area (Å²) >= 11 is 0. The maximum atomic E-state index is 12.4. The lowest BCUT2D eigenvalue weighted by Gasteiger charge is -2.18. The van der Waals surface area contributed by atoms with Crippen LogP contribution in [-0.4, -0.2) is 57.8 Å². The monoisotopic (exact) mass is 399 g/mol. The Morgan fingerprint density at radius 1 is 1.03 bits per heavy atom. The molecule has 3 rings (SSSR count). The lowest BCUT2D eigenvalue weighted by atomic mass is 10.1. The van der Waals surface area contributed by atoms with Crippen LogP contribution in [0.25, 0.3) is 0 Å². The minimum atomic E-state index is -0.0119. The number of anilines is 1. The van der Waals surface area contributed by atoms with Gasteiger partial charge < -0.3 is 24.8 Å². The van der Waals surface area contributed by atoms with Crippen LogP contribution in [0.1, 0.15) is 12.0 Å². The third-order valence-electron chi connectivity index (χ3n) is 5.05. The number of benzene rings is 2. The molecule has 1 amide bonds. The van der Waals surface area contributed by atoms with Gasteiger partial charge in [-0.1, -0.05) is 18.2 Å². The highest BCUT2D eigenvalue weighted by Gasteiger charge is 2.24. The number of hydrogen-bond acceptors (Lipinski definition) is 6. The average Bonchev–Trinajstić information content (AvgIpc) is 3.18. The number of amides is 1. The predicted octanol–water partition coefficient (Wildman–Crippen LogP) is 2.51. The molecule has 1 unspecified atom stereocenters. The van der Waals surface area contributed by atoms with Crippen molar-refractivity contribution in [3.05, 3.63) is 48.0 Å². The van der Waals surface area contributed by atoms with Gasteiger partial charge in [-0.05, 0) is 24.6 Å². The van der Waals surface area contributed by atoms with E-state index in [0.29, 0.717) is 36.4 Å². The summed E-state index contributed by atoms with van der Waals surface area (Å²) < 4.78 is 16.1. The smallest absolute Gasteiger partial charge is 0.234 e. The van der Waals surface area contributed by atoms with Crippen molar-refractivity contribution in [2.24, 2.45) is 0 Å². The third-order valence-corrected chi connectivity index (χ3v) is 5.05. The van der Waals surface area contributed by atoms with Crippen LogP contribution in [0.3, 0.4) is 0 Å². The molecule has 0 radical (unpaired) electrons. The Morgan fingerprint density at radius 2 is 1.72 bits per heavy atom. The molecule has 2 aromatic carbocycles. The molecule has 7 nitrogen and oxygen atoms in total. The maximum absolute atomic E-state index is 12.4. The van der Waals surface area contributed by atoms with Gasteiger partial charge in [-0.25, -0.2) is 0 Å². The summed E-state index contributed by atoms with van der Waals surface area (Å²) in [6.07, 6.45) is 1.02. The number of rotatable bonds is 9. The van der Waals surface area contributed by atoms with Crippen LogP contribution in [0.15, 0.2) is 42.5 Å². The minimum Gasteiger partial charge on any atom is -0.496 e. The first-order valence-corrected chi connectivity index (χ1v) is 9.72. The van der Waals surface area contributed by atoms with Gasteiger partial charge in [-0.2, -0.15) is 0 Å². The average molecular weight is 399 g/mol. The van der Waals surface area contributed by atoms with E-state index in [-0.39, 0.29) is 5.91 Å². The van der Waals surface area contributed by atoms with Gasteiger partial charge in [-0.3, -0.25) is 9.69 Å². The van der Waals surface area contributed by atoms with E-state index in [2.05, 4.69) is 27.7 Å². The van der Waals surface area contributed by atoms with Crippen LogP contribution in [-0.2, 0) is 11.3 Å². The van der Waals surface area contributed by atoms with E-state index < -0.39 is 0 Å². The molecule has 0 saturated carbocycles. The zero-order valence-corrected chi connectivity index (χ0v) is 17.2. The number of para-hydroxylation sites is 1. The normalized spacial score (nSPS) is 16.3. The molecule has 0 bridgehead atoms. The van der Waals surface area contributed by atoms with Crippen LogP contribution < -0.4 is 24.8 Å². The van der Waals surface area contributed by atoms with Crippen molar-refractivity contribution >= 4 is 11.6 Å². The SMILES string of the molecule is COc1cc(OC)c(OC)cc1CNC(=O)CN1CCC(Nc2ccccc2)C1. The number of nitrogens with one attached hydrogen (secondary N) is 2. The molecular weight excluding hydrogens is 370 g/mol. The Hall–Kier alpha value is -2.93. The fourth-order valence-corrected chi connectivity index (χ4v) is 3.55. The zero-order chi connectivity index (χ0) is 20.6. The van der Waals surface area contributed by atoms with E-state index in [0.717, 1.165) is 30.8 Å². The Balaban J connectivity index is 1.50. The van der Waals surface area contributed by atoms with Crippen molar-refractivity contribution < 1.29 is 19.0 Å². The fourth-order valence-electron chi connectivity index (χ4n) is 3.55. The van der Waals surface area contributed by atoms with Gasteiger partial charge in [0.2, 0.25) is 5.91 Å². The highest BCUT2D eigenvalue weighted by Crippen LogP contribution is 2.34. The highest BCUT2D eigenvalue weighted by atomic mass is 16.5. The van der Waals surface area contributed by atoms with Gasteiger partial charge in [0.25, 0.3) is 0 Å². The van der Waals surface area contributed by atoms with E-state index >= 15 is 0 Å². The summed E-state index contributed by atoms with van der Waals surface area (Å²) in [5.74, 6) is 1.83. The fraction of sp³-hybridized carbons (Fsp3) is 0.409. The molecule has 1 aliphatic heterocycles. The number of carbonyl (C=O) groups is 1. The number of ether oxygens (including phenoxy) is 3. The topological polar surface area (TPSA) is 72.1 Å². The minimum absolute atomic E-state index is 0.0119. The van der Waals surface area contributed by atoms with Crippen LogP contribution >= 0.6 is 0 Å². The van der Waals surface area contributed by atoms with Crippen molar-refractivity contribution in [1.29, 1.82) is 0 Å². The van der Waals surface area contributed by atoms with Crippen molar-refractivity contribution in [1.82, 2.24) is 10.2 Å². The number of nitrogens with zero attached hydrogens (tertiary/aromatic N) is 1. The quantitative estimate of drug-likeness (QED) is 0.675. The standard InChI is InChI=1S/C22H29N3O4/c1-27-19-12-21(29-3)20(28-2)11-16(19)13-23-22(26)15-25-10-9-18(14-25)24-17-7-5-4-6-8-17/h4-8,11-12,18,24H,9-10,13-15H2,1-3H3,(H,23,26). The maximum Gasteiger partial charge on any atom is 0.234 e. The Labute approximate surface area is 171 Å². The molecule has 0 aliphatic carbocycles. The Bertz CT molecular complexity index is 813. The molecular formula is C22H29N3O4. The van der Waals surface area contributed by atoms with Crippen LogP contribution in [0.4, 0.5) is 5.69 Å². The van der Waals surface area contributed by atoms with Crippen molar-refractivity contribution in [2.75, 3.05) is 46.3 Å². The largest absolute Gasteiger partial charge is 0.496 e. The molecule has 2 aromatic rings. The van der Waals surface area contributed by atoms with E-state index in [4.69, 9.17) is 14.2 Å². The van der Waals surface area contributed by atoms with E-state index in [1.54, 1.807) is 27.4 Å². The summed E-state index contributed by atoms with van der Waals surface area (Å²) in [4.78, 5) is 14.6. The van der Waals surface area contributed by atoms with Crippen molar-refractivity contribution in [3.8, 4) is 17.2 Å². The second-order valence-electron chi connectivity index (χ2n) is 7.03. The number of methoxy groups -OCH3 is 3. The lowest BCUT2D eigenvalue weighted by Crippen LogP contribution is -2.36. The molecule has 1 saturated heterocycles. The molecule has 1 heterocycles. The first-order chi connectivity index (χ1) is 14.1. The van der Waals surface area contributed by atoms with Crippen LogP contribution in [0, 0.1) is 0 Å². The van der Waals surface area contributed by atoms with E-state index in [1.807, 2.05) is 24.3 Å². The van der Waals surface area contributed by atoms with Gasteiger partial charge in [-0.15, -0.1) is 0 Å². The molecule has 2 N–H and O–H groups in total. The van der Waals surface area contributed by atoms with Crippen LogP contribution in [0.2, 0.25) is 0 Å². The van der Waals surface area contributed by atoms with Crippen LogP contribution in [0.5, 0.6) is 17.2 Å². The molecule has 7 heteroatoms. The van der Waals surface area contributed by atoms with Gasteiger partial charge in [0.05, 0.1) is 27.9 Å². The second-order valence-corrected chi connectivity index (χ2v) is 7.03. The summed E-state index contributed by atoms with van der Waals surface area (Å²) in [6, 6.07) is 14.1. The molecule has 0 aromatic heterocycles. The predicted molar refractivity (Wildman–Crippen MR) is 113 cm³/mol. The lowest BCUT2D eigenvalue weighted by molar-refractivity contribution is -0.122. The summed E-state index contributed by atoms with van der Waals surface area (Å²) in [7, 11) is 4.76. The van der Waals surface area contributed by atoms with E-state index in [9.17, 15) is 4.79 Å². The molecule has 1 atom stereocenters. The van der Waals surface area contributed by atoms with E-state index in [1.165, 1.54) is 0 Å². The number of likely N-dealkylation sites (tertiary alicyclic amines) is 1. The Morgan fingerprint density at radius 3 is 2.41 bits per heavy atom. The first-order valence-electron chi connectivity index (χ1n) is 9.72. The Kier molecular flexibility index (Phi) is 7.19. The summed E-state index contributed by atoms with van der Waals surface area (Å²) in [5.41, 5.74) is 1.95. The van der Waals surface area contributed by atoms with Gasteiger partial charge in [0.1, 0.15) is 5.75 Å². The van der Waals surface area contributed by atoms with Crippen molar-refractivity contribution in [3.63, 3.8) is 0 Å². The summed E-state index contributed by atoms with van der Waals surface area (Å²) in [5, 5.41) is 6.50. The van der Waals surface area contributed by atoms with Gasteiger partial charge >= 0.3 is 0 Å². The first kappa shape index (κ1) is 20.8. The summed E-state index contributed by atoms with van der Waals surface area (Å²) in [6.45, 7) is 2.49. The molecule has 29 heavy (non-hydrogen) atoms.